The molecule has 0 radical (unpaired) electrons. The van der Waals surface area contributed by atoms with Crippen LogP contribution in [0.15, 0.2) is 84.9 Å². The van der Waals surface area contributed by atoms with Gasteiger partial charge in [-0.2, -0.15) is 0 Å². The fourth-order valence-electron chi connectivity index (χ4n) is 5.26. The van der Waals surface area contributed by atoms with Gasteiger partial charge in [0, 0.05) is 17.5 Å². The largest absolute Gasteiger partial charge is 0.467 e. The van der Waals surface area contributed by atoms with Gasteiger partial charge in [-0.15, -0.1) is 12.4 Å². The second kappa shape index (κ2) is 12.1. The number of hydrogen-bond donors (Lipinski definition) is 1. The summed E-state index contributed by atoms with van der Waals surface area (Å²) < 4.78 is 5.16. The van der Waals surface area contributed by atoms with Crippen LogP contribution in [-0.2, 0) is 9.53 Å². The summed E-state index contributed by atoms with van der Waals surface area (Å²) in [6.45, 7) is 2.70. The maximum atomic E-state index is 14.2. The molecule has 0 saturated carbocycles. The molecule has 2 atom stereocenters. The number of fused-ring (bicyclic) bond motifs is 1. The van der Waals surface area contributed by atoms with Crippen LogP contribution in [0, 0.1) is 0 Å². The van der Waals surface area contributed by atoms with Gasteiger partial charge in [-0.05, 0) is 30.9 Å². The SMILES string of the molecule is CCC(NC(=O)c1c(N2CCCC2C(=O)OC)c(-c2ccccc2)nc2ccccc12)c1ccccc1.Cl. The van der Waals surface area contributed by atoms with Crippen molar-refractivity contribution >= 4 is 40.9 Å². The summed E-state index contributed by atoms with van der Waals surface area (Å²) in [6, 6.07) is 26.9. The molecule has 38 heavy (non-hydrogen) atoms. The van der Waals surface area contributed by atoms with Crippen molar-refractivity contribution in [1.82, 2.24) is 10.3 Å². The van der Waals surface area contributed by atoms with Crippen molar-refractivity contribution < 1.29 is 14.3 Å². The van der Waals surface area contributed by atoms with Gasteiger partial charge in [-0.1, -0.05) is 85.8 Å². The standard InChI is InChI=1S/C31H31N3O3.ClH/c1-3-24(21-13-6-4-7-14-21)33-30(35)27-23-17-10-11-18-25(23)32-28(22-15-8-5-9-16-22)29(27)34-20-12-19-26(34)31(36)37-2;/h4-11,13-18,24,26H,3,12,19-20H2,1-2H3,(H,33,35);1H. The van der Waals surface area contributed by atoms with E-state index in [0.717, 1.165) is 34.9 Å². The van der Waals surface area contributed by atoms with E-state index in [0.29, 0.717) is 29.9 Å². The van der Waals surface area contributed by atoms with Crippen LogP contribution in [-0.4, -0.2) is 36.6 Å². The summed E-state index contributed by atoms with van der Waals surface area (Å²) in [5.41, 5.74) is 4.58. The van der Waals surface area contributed by atoms with Gasteiger partial charge in [0.25, 0.3) is 5.91 Å². The highest BCUT2D eigenvalue weighted by molar-refractivity contribution is 6.14. The summed E-state index contributed by atoms with van der Waals surface area (Å²) in [5, 5.41) is 4.04. The zero-order chi connectivity index (χ0) is 25.8. The molecule has 4 aromatic rings. The molecule has 5 rings (SSSR count). The Morgan fingerprint density at radius 2 is 1.66 bits per heavy atom. The van der Waals surface area contributed by atoms with Crippen LogP contribution < -0.4 is 10.2 Å². The van der Waals surface area contributed by atoms with Crippen LogP contribution in [0.3, 0.4) is 0 Å². The van der Waals surface area contributed by atoms with Gasteiger partial charge in [0.15, 0.2) is 0 Å². The molecule has 0 aliphatic carbocycles. The number of carbonyl (C=O) groups is 2. The van der Waals surface area contributed by atoms with Gasteiger partial charge in [-0.25, -0.2) is 9.78 Å². The average molecular weight is 530 g/mol. The molecular weight excluding hydrogens is 498 g/mol. The Morgan fingerprint density at radius 3 is 2.34 bits per heavy atom. The lowest BCUT2D eigenvalue weighted by molar-refractivity contribution is -0.141. The van der Waals surface area contributed by atoms with E-state index in [4.69, 9.17) is 9.72 Å². The number of aromatic nitrogens is 1. The number of amides is 1. The zero-order valence-electron chi connectivity index (χ0n) is 21.6. The Bertz CT molecular complexity index is 1410. The maximum Gasteiger partial charge on any atom is 0.328 e. The molecule has 1 amide bonds. The van der Waals surface area contributed by atoms with Crippen molar-refractivity contribution in [3.63, 3.8) is 0 Å². The number of nitrogens with zero attached hydrogens (tertiary/aromatic N) is 2. The highest BCUT2D eigenvalue weighted by Crippen LogP contribution is 2.40. The molecule has 1 fully saturated rings. The first-order chi connectivity index (χ1) is 18.1. The van der Waals surface area contributed by atoms with E-state index in [1.165, 1.54) is 7.11 Å². The normalized spacial score (nSPS) is 15.5. The van der Waals surface area contributed by atoms with E-state index in [-0.39, 0.29) is 30.3 Å². The zero-order valence-corrected chi connectivity index (χ0v) is 22.4. The third-order valence-electron chi connectivity index (χ3n) is 7.07. The van der Waals surface area contributed by atoms with Gasteiger partial charge < -0.3 is 15.0 Å². The van der Waals surface area contributed by atoms with Crippen LogP contribution in [0.2, 0.25) is 0 Å². The van der Waals surface area contributed by atoms with Crippen molar-refractivity contribution in [2.24, 2.45) is 0 Å². The summed E-state index contributed by atoms with van der Waals surface area (Å²) in [6.07, 6.45) is 2.23. The number of carbonyl (C=O) groups excluding carboxylic acids is 2. The summed E-state index contributed by atoms with van der Waals surface area (Å²) >= 11 is 0. The lowest BCUT2D eigenvalue weighted by Crippen LogP contribution is -2.39. The number of anilines is 1. The number of pyridine rings is 1. The minimum absolute atomic E-state index is 0. The topological polar surface area (TPSA) is 71.5 Å². The Labute approximate surface area is 229 Å². The summed E-state index contributed by atoms with van der Waals surface area (Å²) in [5.74, 6) is -0.483. The number of rotatable bonds is 7. The van der Waals surface area contributed by atoms with Crippen LogP contribution in [0.5, 0.6) is 0 Å². The summed E-state index contributed by atoms with van der Waals surface area (Å²) in [7, 11) is 1.41. The van der Waals surface area contributed by atoms with Gasteiger partial charge in [0.05, 0.1) is 35.6 Å². The number of benzene rings is 3. The molecule has 1 aromatic heterocycles. The minimum atomic E-state index is -0.474. The molecule has 7 heteroatoms. The molecule has 2 heterocycles. The first-order valence-corrected chi connectivity index (χ1v) is 12.8. The van der Waals surface area contributed by atoms with Gasteiger partial charge >= 0.3 is 5.97 Å². The number of methoxy groups -OCH3 is 1. The molecule has 0 bridgehead atoms. The van der Waals surface area contributed by atoms with Crippen molar-refractivity contribution in [3.8, 4) is 11.3 Å². The van der Waals surface area contributed by atoms with Crippen molar-refractivity contribution in [2.45, 2.75) is 38.3 Å². The van der Waals surface area contributed by atoms with E-state index in [9.17, 15) is 9.59 Å². The lowest BCUT2D eigenvalue weighted by atomic mass is 9.97. The second-order valence-corrected chi connectivity index (χ2v) is 9.29. The van der Waals surface area contributed by atoms with Gasteiger partial charge in [-0.3, -0.25) is 4.79 Å². The molecule has 1 aliphatic rings. The number of ether oxygens (including phenoxy) is 1. The van der Waals surface area contributed by atoms with E-state index in [1.807, 2.05) is 89.8 Å². The predicted octanol–water partition coefficient (Wildman–Crippen LogP) is 6.35. The number of esters is 1. The Morgan fingerprint density at radius 1 is 1.00 bits per heavy atom. The molecular formula is C31H32ClN3O3. The first kappa shape index (κ1) is 27.1. The van der Waals surface area contributed by atoms with Gasteiger partial charge in [0.2, 0.25) is 0 Å². The quantitative estimate of drug-likeness (QED) is 0.283. The van der Waals surface area contributed by atoms with Crippen molar-refractivity contribution in [1.29, 1.82) is 0 Å². The van der Waals surface area contributed by atoms with Crippen molar-refractivity contribution in [3.05, 3.63) is 96.1 Å². The lowest BCUT2D eigenvalue weighted by Gasteiger charge is -2.30. The molecule has 3 aromatic carbocycles. The molecule has 196 valence electrons. The Hall–Kier alpha value is -3.90. The number of nitrogens with one attached hydrogen (secondary N) is 1. The fraction of sp³-hybridized carbons (Fsp3) is 0.258. The second-order valence-electron chi connectivity index (χ2n) is 9.29. The smallest absolute Gasteiger partial charge is 0.328 e. The average Bonchev–Trinajstić information content (AvgIpc) is 3.45. The monoisotopic (exact) mass is 529 g/mol. The van der Waals surface area contributed by atoms with Crippen LogP contribution >= 0.6 is 12.4 Å². The Balaban J connectivity index is 0.00000336. The predicted molar refractivity (Wildman–Crippen MR) is 154 cm³/mol. The van der Waals surface area contributed by atoms with Crippen LogP contribution in [0.25, 0.3) is 22.2 Å². The van der Waals surface area contributed by atoms with Crippen LogP contribution in [0.1, 0.15) is 48.1 Å². The highest BCUT2D eigenvalue weighted by atomic mass is 35.5. The summed E-state index contributed by atoms with van der Waals surface area (Å²) in [4.78, 5) is 34.1. The van der Waals surface area contributed by atoms with E-state index < -0.39 is 6.04 Å². The minimum Gasteiger partial charge on any atom is -0.467 e. The number of hydrogen-bond acceptors (Lipinski definition) is 5. The van der Waals surface area contributed by atoms with E-state index in [2.05, 4.69) is 12.2 Å². The molecule has 0 spiro atoms. The van der Waals surface area contributed by atoms with E-state index >= 15 is 0 Å². The molecule has 6 nitrogen and oxygen atoms in total. The van der Waals surface area contributed by atoms with Crippen LogP contribution in [0.4, 0.5) is 5.69 Å². The third-order valence-corrected chi connectivity index (χ3v) is 7.07. The molecule has 2 unspecified atom stereocenters. The molecule has 1 saturated heterocycles. The van der Waals surface area contributed by atoms with Crippen molar-refractivity contribution in [2.75, 3.05) is 18.6 Å². The molecule has 1 N–H and O–H groups in total. The number of halogens is 1. The highest BCUT2D eigenvalue weighted by Gasteiger charge is 2.37. The first-order valence-electron chi connectivity index (χ1n) is 12.8. The van der Waals surface area contributed by atoms with Gasteiger partial charge in [0.1, 0.15) is 6.04 Å². The number of para-hydroxylation sites is 1. The van der Waals surface area contributed by atoms with E-state index in [1.54, 1.807) is 0 Å². The fourth-order valence-corrected chi connectivity index (χ4v) is 5.26. The third kappa shape index (κ3) is 5.22. The Kier molecular flexibility index (Phi) is 8.64. The molecule has 1 aliphatic heterocycles. The maximum absolute atomic E-state index is 14.2.